The summed E-state index contributed by atoms with van der Waals surface area (Å²) in [5.74, 6) is 0. The highest BCUT2D eigenvalue weighted by molar-refractivity contribution is 5.25. The van der Waals surface area contributed by atoms with E-state index in [1.54, 1.807) is 6.08 Å². The molecule has 0 heterocycles. The van der Waals surface area contributed by atoms with Crippen molar-refractivity contribution in [3.8, 4) is 0 Å². The van der Waals surface area contributed by atoms with Gasteiger partial charge in [0.05, 0.1) is 25.3 Å². The van der Waals surface area contributed by atoms with E-state index in [1.807, 2.05) is 91.0 Å². The van der Waals surface area contributed by atoms with Gasteiger partial charge in [0.2, 0.25) is 0 Å². The maximum Gasteiger partial charge on any atom is 0.0844 e. The molecule has 27 heavy (non-hydrogen) atoms. The fourth-order valence-electron chi connectivity index (χ4n) is 3.10. The standard InChI is InChI=1S/C24H25NO2/c1-2-23(21-14-8-4-9-15-21)25(26)24(22-16-10-5-11-17-22)19-27-18-20-12-6-3-7-13-20/h2-17,23-24,26H,1,18-19H2/t23-,24-/m0/s1. The van der Waals surface area contributed by atoms with E-state index >= 15 is 0 Å². The van der Waals surface area contributed by atoms with Crippen molar-refractivity contribution in [1.29, 1.82) is 0 Å². The first-order valence-corrected chi connectivity index (χ1v) is 9.11. The molecule has 0 saturated carbocycles. The Labute approximate surface area is 161 Å². The van der Waals surface area contributed by atoms with Gasteiger partial charge in [0, 0.05) is 0 Å². The topological polar surface area (TPSA) is 32.7 Å². The molecule has 0 unspecified atom stereocenters. The summed E-state index contributed by atoms with van der Waals surface area (Å²) in [4.78, 5) is 0. The molecular weight excluding hydrogens is 334 g/mol. The lowest BCUT2D eigenvalue weighted by atomic mass is 10.0. The van der Waals surface area contributed by atoms with E-state index in [9.17, 15) is 5.21 Å². The molecule has 0 amide bonds. The lowest BCUT2D eigenvalue weighted by Crippen LogP contribution is -2.32. The minimum absolute atomic E-state index is 0.307. The van der Waals surface area contributed by atoms with Gasteiger partial charge < -0.3 is 9.94 Å². The van der Waals surface area contributed by atoms with Crippen LogP contribution in [0.25, 0.3) is 0 Å². The Kier molecular flexibility index (Phi) is 6.94. The van der Waals surface area contributed by atoms with Crippen molar-refractivity contribution in [2.24, 2.45) is 0 Å². The highest BCUT2D eigenvalue weighted by Gasteiger charge is 2.26. The second kappa shape index (κ2) is 9.83. The van der Waals surface area contributed by atoms with Crippen LogP contribution in [0.2, 0.25) is 0 Å². The number of ether oxygens (including phenoxy) is 1. The van der Waals surface area contributed by atoms with Gasteiger partial charge >= 0.3 is 0 Å². The lowest BCUT2D eigenvalue weighted by Gasteiger charge is -2.32. The summed E-state index contributed by atoms with van der Waals surface area (Å²) >= 11 is 0. The Bertz CT molecular complexity index is 806. The van der Waals surface area contributed by atoms with Gasteiger partial charge in [0.25, 0.3) is 0 Å². The summed E-state index contributed by atoms with van der Waals surface area (Å²) in [6.07, 6.45) is 1.75. The zero-order chi connectivity index (χ0) is 18.9. The van der Waals surface area contributed by atoms with Crippen LogP contribution in [-0.2, 0) is 11.3 Å². The fourth-order valence-corrected chi connectivity index (χ4v) is 3.10. The fraction of sp³-hybridized carbons (Fsp3) is 0.167. The molecule has 2 atom stereocenters. The normalized spacial score (nSPS) is 13.3. The van der Waals surface area contributed by atoms with Crippen LogP contribution in [0.3, 0.4) is 0 Å². The highest BCUT2D eigenvalue weighted by Crippen LogP contribution is 2.30. The van der Waals surface area contributed by atoms with Gasteiger partial charge in [0.15, 0.2) is 0 Å². The predicted molar refractivity (Wildman–Crippen MR) is 108 cm³/mol. The van der Waals surface area contributed by atoms with Crippen molar-refractivity contribution < 1.29 is 9.94 Å². The molecular formula is C24H25NO2. The minimum atomic E-state index is -0.322. The number of hydroxylamine groups is 2. The Hall–Kier alpha value is -2.72. The predicted octanol–water partition coefficient (Wildman–Crippen LogP) is 5.56. The summed E-state index contributed by atoms with van der Waals surface area (Å²) in [5.41, 5.74) is 3.09. The molecule has 3 nitrogen and oxygen atoms in total. The van der Waals surface area contributed by atoms with Crippen molar-refractivity contribution in [3.05, 3.63) is 120 Å². The van der Waals surface area contributed by atoms with Crippen molar-refractivity contribution in [2.45, 2.75) is 18.7 Å². The minimum Gasteiger partial charge on any atom is -0.375 e. The third-order valence-electron chi connectivity index (χ3n) is 4.54. The quantitative estimate of drug-likeness (QED) is 0.401. The van der Waals surface area contributed by atoms with Gasteiger partial charge in [-0.2, -0.15) is 5.06 Å². The zero-order valence-corrected chi connectivity index (χ0v) is 15.3. The molecule has 0 aliphatic rings. The maximum atomic E-state index is 11.1. The van der Waals surface area contributed by atoms with Gasteiger partial charge in [-0.3, -0.25) is 0 Å². The Morgan fingerprint density at radius 3 is 1.89 bits per heavy atom. The average Bonchev–Trinajstić information content (AvgIpc) is 2.74. The van der Waals surface area contributed by atoms with E-state index in [4.69, 9.17) is 4.74 Å². The first-order valence-electron chi connectivity index (χ1n) is 9.11. The number of hydrogen-bond acceptors (Lipinski definition) is 3. The summed E-state index contributed by atoms with van der Waals surface area (Å²) < 4.78 is 5.95. The van der Waals surface area contributed by atoms with Crippen LogP contribution in [-0.4, -0.2) is 16.9 Å². The van der Waals surface area contributed by atoms with Gasteiger partial charge in [0.1, 0.15) is 0 Å². The molecule has 3 rings (SSSR count). The van der Waals surface area contributed by atoms with E-state index in [2.05, 4.69) is 6.58 Å². The number of benzene rings is 3. The molecule has 0 bridgehead atoms. The molecule has 3 aromatic carbocycles. The molecule has 138 valence electrons. The van der Waals surface area contributed by atoms with E-state index in [-0.39, 0.29) is 12.1 Å². The van der Waals surface area contributed by atoms with E-state index in [0.717, 1.165) is 16.7 Å². The third-order valence-corrected chi connectivity index (χ3v) is 4.54. The molecule has 3 heteroatoms. The van der Waals surface area contributed by atoms with Crippen LogP contribution in [0, 0.1) is 0 Å². The molecule has 0 spiro atoms. The number of rotatable bonds is 9. The van der Waals surface area contributed by atoms with Crippen molar-refractivity contribution in [2.75, 3.05) is 6.61 Å². The largest absolute Gasteiger partial charge is 0.375 e. The van der Waals surface area contributed by atoms with Crippen LogP contribution >= 0.6 is 0 Å². The van der Waals surface area contributed by atoms with Crippen molar-refractivity contribution in [3.63, 3.8) is 0 Å². The van der Waals surface area contributed by atoms with Crippen LogP contribution in [0.4, 0.5) is 0 Å². The lowest BCUT2D eigenvalue weighted by molar-refractivity contribution is -0.167. The Morgan fingerprint density at radius 1 is 0.815 bits per heavy atom. The molecule has 0 radical (unpaired) electrons. The average molecular weight is 359 g/mol. The molecule has 0 saturated heterocycles. The molecule has 0 fully saturated rings. The van der Waals surface area contributed by atoms with Gasteiger partial charge in [-0.1, -0.05) is 97.1 Å². The highest BCUT2D eigenvalue weighted by atomic mass is 16.5. The summed E-state index contributed by atoms with van der Waals surface area (Å²) in [6, 6.07) is 29.2. The van der Waals surface area contributed by atoms with Crippen LogP contribution in [0.1, 0.15) is 28.8 Å². The van der Waals surface area contributed by atoms with Crippen LogP contribution in [0.15, 0.2) is 104 Å². The molecule has 1 N–H and O–H groups in total. The SMILES string of the molecule is C=C[C@@H](c1ccccc1)N(O)[C@@H](COCc1ccccc1)c1ccccc1. The summed E-state index contributed by atoms with van der Waals surface area (Å²) in [5, 5.41) is 12.4. The van der Waals surface area contributed by atoms with Gasteiger partial charge in [-0.15, -0.1) is 6.58 Å². The molecule has 0 aliphatic heterocycles. The van der Waals surface area contributed by atoms with E-state index in [1.165, 1.54) is 5.06 Å². The van der Waals surface area contributed by atoms with Crippen LogP contribution < -0.4 is 0 Å². The monoisotopic (exact) mass is 359 g/mol. The number of nitrogens with zero attached hydrogens (tertiary/aromatic N) is 1. The van der Waals surface area contributed by atoms with E-state index < -0.39 is 0 Å². The van der Waals surface area contributed by atoms with Crippen molar-refractivity contribution >= 4 is 0 Å². The maximum absolute atomic E-state index is 11.1. The Morgan fingerprint density at radius 2 is 1.33 bits per heavy atom. The van der Waals surface area contributed by atoms with Crippen LogP contribution in [0.5, 0.6) is 0 Å². The molecule has 0 aliphatic carbocycles. The third kappa shape index (κ3) is 5.14. The van der Waals surface area contributed by atoms with Crippen molar-refractivity contribution in [1.82, 2.24) is 5.06 Å². The molecule has 3 aromatic rings. The second-order valence-electron chi connectivity index (χ2n) is 6.40. The van der Waals surface area contributed by atoms with Gasteiger partial charge in [-0.05, 0) is 16.7 Å². The van der Waals surface area contributed by atoms with E-state index in [0.29, 0.717) is 13.2 Å². The summed E-state index contributed by atoms with van der Waals surface area (Å²) in [6.45, 7) is 4.79. The Balaban J connectivity index is 1.77. The first-order chi connectivity index (χ1) is 13.3. The smallest absolute Gasteiger partial charge is 0.0844 e. The number of hydrogen-bond donors (Lipinski definition) is 1. The first kappa shape index (κ1) is 19.1. The molecule has 0 aromatic heterocycles. The zero-order valence-electron chi connectivity index (χ0n) is 15.3. The summed E-state index contributed by atoms with van der Waals surface area (Å²) in [7, 11) is 0. The van der Waals surface area contributed by atoms with Gasteiger partial charge in [-0.25, -0.2) is 0 Å². The second-order valence-corrected chi connectivity index (χ2v) is 6.40.